The molecule has 0 aliphatic rings. The Kier molecular flexibility index (Phi) is 8.42. The number of sulfone groups is 1. The van der Waals surface area contributed by atoms with Crippen molar-refractivity contribution in [3.8, 4) is 0 Å². The third-order valence-electron chi connectivity index (χ3n) is 5.60. The van der Waals surface area contributed by atoms with Crippen molar-refractivity contribution in [2.24, 2.45) is 16.0 Å². The predicted octanol–water partition coefficient (Wildman–Crippen LogP) is 4.14. The number of carbonyl (C=O) groups is 1. The summed E-state index contributed by atoms with van der Waals surface area (Å²) in [4.78, 5) is 18.1. The zero-order chi connectivity index (χ0) is 31.9. The van der Waals surface area contributed by atoms with Crippen molar-refractivity contribution in [1.82, 2.24) is 9.97 Å². The van der Waals surface area contributed by atoms with Gasteiger partial charge in [-0.3, -0.25) is 9.11 Å². The van der Waals surface area contributed by atoms with E-state index in [-0.39, 0.29) is 44.4 Å². The molecule has 0 aliphatic heterocycles. The van der Waals surface area contributed by atoms with Crippen LogP contribution in [0.1, 0.15) is 5.69 Å². The van der Waals surface area contributed by atoms with Gasteiger partial charge in [-0.05, 0) is 37.3 Å². The Morgan fingerprint density at radius 2 is 1.56 bits per heavy atom. The minimum atomic E-state index is -5.02. The molecular weight excluding hydrogens is 650 g/mol. The van der Waals surface area contributed by atoms with Crippen molar-refractivity contribution in [2.45, 2.75) is 21.9 Å². The number of hydrogen-bond acceptors (Lipinski definition) is 12. The Morgan fingerprint density at radius 1 is 0.907 bits per heavy atom. The van der Waals surface area contributed by atoms with Gasteiger partial charge in [-0.1, -0.05) is 29.8 Å². The molecule has 1 aromatic heterocycles. The number of benzene rings is 3. The van der Waals surface area contributed by atoms with Gasteiger partial charge < -0.3 is 16.4 Å². The summed E-state index contributed by atoms with van der Waals surface area (Å²) in [7, 11) is -13.6. The number of nitrogens with zero attached hydrogens (tertiary/aromatic N) is 4. The van der Waals surface area contributed by atoms with Crippen LogP contribution in [0.5, 0.6) is 0 Å². The van der Waals surface area contributed by atoms with E-state index < -0.39 is 56.7 Å². The van der Waals surface area contributed by atoms with Gasteiger partial charge in [-0.25, -0.2) is 18.2 Å². The molecule has 4 aromatic rings. The van der Waals surface area contributed by atoms with E-state index in [1.807, 2.05) is 0 Å². The summed E-state index contributed by atoms with van der Waals surface area (Å²) >= 11 is 6.24. The van der Waals surface area contributed by atoms with Crippen molar-refractivity contribution < 1.29 is 39.2 Å². The quantitative estimate of drug-likeness (QED) is 0.101. The molecule has 0 bridgehead atoms. The average Bonchev–Trinajstić information content (AvgIpc) is 2.87. The van der Waals surface area contributed by atoms with Crippen LogP contribution in [-0.2, 0) is 30.1 Å². The number of halogens is 1. The lowest BCUT2D eigenvalue weighted by Gasteiger charge is -2.13. The standard InChI is InChI=1S/C23H20ClN7O9S3/c1-11-19(24)21(29-23(26-11)41(2,33)34)27-12-6-8-15(17(10-12)28-22(25)32)30-31-16-9-7-13-14(20(16)43(38,39)40)4-3-5-18(13)42(35,36)37/h3-10H,1-2H3,(H3,25,28,32)(H,26,27,29)(H,35,36,37)(H,38,39,40)/b31-30+. The number of aryl methyl sites for hydroxylation is 1. The molecule has 16 nitrogen and oxygen atoms in total. The molecule has 3 aromatic carbocycles. The first kappa shape index (κ1) is 31.7. The maximum absolute atomic E-state index is 12.3. The van der Waals surface area contributed by atoms with E-state index in [0.717, 1.165) is 30.5 Å². The van der Waals surface area contributed by atoms with Gasteiger partial charge in [0.05, 0.1) is 11.4 Å². The largest absolute Gasteiger partial charge is 0.351 e. The molecule has 4 rings (SSSR count). The fourth-order valence-electron chi connectivity index (χ4n) is 3.83. The molecule has 0 atom stereocenters. The van der Waals surface area contributed by atoms with Crippen molar-refractivity contribution in [3.63, 3.8) is 0 Å². The summed E-state index contributed by atoms with van der Waals surface area (Å²) in [5.74, 6) is -0.0628. The van der Waals surface area contributed by atoms with Crippen LogP contribution < -0.4 is 16.4 Å². The predicted molar refractivity (Wildman–Crippen MR) is 156 cm³/mol. The first-order valence-electron chi connectivity index (χ1n) is 11.5. The molecule has 6 N–H and O–H groups in total. The second-order valence-corrected chi connectivity index (χ2v) is 13.8. The van der Waals surface area contributed by atoms with Crippen LogP contribution in [0.2, 0.25) is 5.02 Å². The van der Waals surface area contributed by atoms with Gasteiger partial charge >= 0.3 is 6.03 Å². The molecule has 0 saturated heterocycles. The average molecular weight is 670 g/mol. The highest BCUT2D eigenvalue weighted by atomic mass is 35.5. The molecule has 0 radical (unpaired) electrons. The van der Waals surface area contributed by atoms with E-state index in [4.69, 9.17) is 17.3 Å². The third kappa shape index (κ3) is 7.04. The van der Waals surface area contributed by atoms with Gasteiger partial charge in [0.25, 0.3) is 20.2 Å². The second-order valence-electron chi connectivity index (χ2n) is 8.79. The minimum Gasteiger partial charge on any atom is -0.351 e. The number of hydrogen-bond donors (Lipinski definition) is 5. The first-order valence-corrected chi connectivity index (χ1v) is 16.7. The van der Waals surface area contributed by atoms with Crippen LogP contribution in [0.4, 0.5) is 33.4 Å². The molecule has 226 valence electrons. The van der Waals surface area contributed by atoms with Crippen LogP contribution in [0.3, 0.4) is 0 Å². The fraction of sp³-hybridized carbons (Fsp3) is 0.0870. The lowest BCUT2D eigenvalue weighted by Crippen LogP contribution is -2.19. The molecule has 0 spiro atoms. The van der Waals surface area contributed by atoms with Crippen LogP contribution in [0, 0.1) is 6.92 Å². The summed E-state index contributed by atoms with van der Waals surface area (Å²) in [5, 5.41) is 12.0. The number of amides is 2. The summed E-state index contributed by atoms with van der Waals surface area (Å²) in [6, 6.07) is 8.66. The van der Waals surface area contributed by atoms with E-state index >= 15 is 0 Å². The number of anilines is 3. The fourth-order valence-corrected chi connectivity index (χ4v) is 6.05. The van der Waals surface area contributed by atoms with Gasteiger partial charge in [-0.15, -0.1) is 10.2 Å². The summed E-state index contributed by atoms with van der Waals surface area (Å²) < 4.78 is 91.6. The third-order valence-corrected chi connectivity index (χ3v) is 8.75. The summed E-state index contributed by atoms with van der Waals surface area (Å²) in [6.45, 7) is 1.48. The molecule has 20 heteroatoms. The van der Waals surface area contributed by atoms with Crippen molar-refractivity contribution in [1.29, 1.82) is 0 Å². The normalized spacial score (nSPS) is 12.5. The Hall–Kier alpha value is -4.27. The highest BCUT2D eigenvalue weighted by Gasteiger charge is 2.24. The maximum atomic E-state index is 12.3. The van der Waals surface area contributed by atoms with Crippen LogP contribution in [0.15, 0.2) is 73.7 Å². The molecule has 0 aliphatic carbocycles. The van der Waals surface area contributed by atoms with Crippen molar-refractivity contribution in [3.05, 3.63) is 59.2 Å². The topological polar surface area (TPSA) is 261 Å². The summed E-state index contributed by atoms with van der Waals surface area (Å²) in [6.07, 6.45) is 0.921. The van der Waals surface area contributed by atoms with Gasteiger partial charge in [0.2, 0.25) is 15.0 Å². The first-order chi connectivity index (χ1) is 19.9. The number of fused-ring (bicyclic) bond motifs is 1. The van der Waals surface area contributed by atoms with E-state index in [2.05, 4.69) is 30.8 Å². The van der Waals surface area contributed by atoms with E-state index in [9.17, 15) is 39.2 Å². The second kappa shape index (κ2) is 11.4. The van der Waals surface area contributed by atoms with Gasteiger partial charge in [-0.2, -0.15) is 21.8 Å². The zero-order valence-corrected chi connectivity index (χ0v) is 25.0. The summed E-state index contributed by atoms with van der Waals surface area (Å²) in [5.41, 5.74) is 5.16. The van der Waals surface area contributed by atoms with Crippen molar-refractivity contribution >= 4 is 87.0 Å². The Bertz CT molecular complexity index is 2170. The number of nitrogens with one attached hydrogen (secondary N) is 2. The van der Waals surface area contributed by atoms with E-state index in [0.29, 0.717) is 0 Å². The van der Waals surface area contributed by atoms with E-state index in [1.54, 1.807) is 0 Å². The lowest BCUT2D eigenvalue weighted by molar-refractivity contribution is 0.259. The van der Waals surface area contributed by atoms with Gasteiger partial charge in [0.1, 0.15) is 26.2 Å². The van der Waals surface area contributed by atoms with Gasteiger partial charge in [0, 0.05) is 22.7 Å². The number of aromatic nitrogens is 2. The number of nitrogens with two attached hydrogens (primary N) is 1. The Morgan fingerprint density at radius 3 is 2.16 bits per heavy atom. The van der Waals surface area contributed by atoms with Crippen LogP contribution in [0.25, 0.3) is 10.8 Å². The van der Waals surface area contributed by atoms with Gasteiger partial charge in [0.15, 0.2) is 5.82 Å². The molecule has 43 heavy (non-hydrogen) atoms. The highest BCUT2D eigenvalue weighted by Crippen LogP contribution is 2.38. The molecule has 0 saturated carbocycles. The number of carbonyl (C=O) groups excluding carboxylic acids is 1. The molecule has 0 fully saturated rings. The smallest absolute Gasteiger partial charge is 0.316 e. The van der Waals surface area contributed by atoms with Crippen LogP contribution in [-0.4, -0.2) is 56.6 Å². The lowest BCUT2D eigenvalue weighted by atomic mass is 10.1. The molecule has 1 heterocycles. The van der Waals surface area contributed by atoms with Crippen molar-refractivity contribution in [2.75, 3.05) is 16.9 Å². The molecular formula is C23H20ClN7O9S3. The maximum Gasteiger partial charge on any atom is 0.316 e. The van der Waals surface area contributed by atoms with E-state index in [1.165, 1.54) is 31.2 Å². The Balaban J connectivity index is 1.81. The zero-order valence-electron chi connectivity index (χ0n) is 21.8. The Labute approximate surface area is 249 Å². The minimum absolute atomic E-state index is 0.0202. The number of urea groups is 1. The number of rotatable bonds is 8. The van der Waals surface area contributed by atoms with Crippen LogP contribution >= 0.6 is 11.6 Å². The number of primary amides is 1. The monoisotopic (exact) mass is 669 g/mol. The molecule has 2 amide bonds. The SMILES string of the molecule is Cc1nc(S(C)(=O)=O)nc(Nc2ccc(/N=N/c3ccc4c(S(=O)(=O)O)cccc4c3S(=O)(=O)O)c(NC(N)=O)c2)c1Cl. The molecule has 0 unspecified atom stereocenters. The highest BCUT2D eigenvalue weighted by molar-refractivity contribution is 7.90. The number of azo groups is 1.